The van der Waals surface area contributed by atoms with Crippen LogP contribution >= 0.6 is 11.8 Å². The van der Waals surface area contributed by atoms with Crippen LogP contribution in [0.15, 0.2) is 24.3 Å². The summed E-state index contributed by atoms with van der Waals surface area (Å²) in [7, 11) is 1.70. The lowest BCUT2D eigenvalue weighted by molar-refractivity contribution is -0.116. The third-order valence-corrected chi connectivity index (χ3v) is 3.81. The van der Waals surface area contributed by atoms with Gasteiger partial charge in [0, 0.05) is 20.1 Å². The van der Waals surface area contributed by atoms with Crippen molar-refractivity contribution < 1.29 is 9.53 Å². The zero-order valence-electron chi connectivity index (χ0n) is 11.7. The smallest absolute Gasteiger partial charge is 0.224 e. The molecule has 108 valence electrons. The number of para-hydroxylation sites is 1. The Hall–Kier alpha value is -1.51. The lowest BCUT2D eigenvalue weighted by atomic mass is 10.2. The van der Waals surface area contributed by atoms with Gasteiger partial charge in [-0.1, -0.05) is 12.1 Å². The number of nitrogens with zero attached hydrogens (tertiary/aromatic N) is 1. The first-order valence-corrected chi connectivity index (χ1v) is 7.79. The van der Waals surface area contributed by atoms with Crippen LogP contribution in [-0.2, 0) is 9.53 Å². The van der Waals surface area contributed by atoms with Gasteiger partial charge in [0.1, 0.15) is 6.07 Å². The van der Waals surface area contributed by atoms with Gasteiger partial charge in [-0.2, -0.15) is 17.0 Å². The number of rotatable bonds is 9. The van der Waals surface area contributed by atoms with E-state index in [0.29, 0.717) is 17.7 Å². The highest BCUT2D eigenvalue weighted by molar-refractivity contribution is 7.99. The molecule has 0 unspecified atom stereocenters. The first kappa shape index (κ1) is 16.5. The molecule has 0 aliphatic heterocycles. The number of carbonyl (C=O) groups excluding carboxylic acids is 1. The van der Waals surface area contributed by atoms with E-state index in [1.807, 2.05) is 17.8 Å². The van der Waals surface area contributed by atoms with Crippen LogP contribution in [0, 0.1) is 11.3 Å². The van der Waals surface area contributed by atoms with Gasteiger partial charge < -0.3 is 10.1 Å². The number of amides is 1. The van der Waals surface area contributed by atoms with Crippen molar-refractivity contribution in [3.63, 3.8) is 0 Å². The number of hydrogen-bond donors (Lipinski definition) is 1. The molecule has 0 spiro atoms. The number of nitrogens with one attached hydrogen (secondary N) is 1. The van der Waals surface area contributed by atoms with Crippen LogP contribution in [0.3, 0.4) is 0 Å². The standard InChI is InChI=1S/C15H20N2O2S/c1-19-9-5-11-20-10-4-8-15(18)17-14-7-3-2-6-13(14)12-16/h2-3,6-7H,4-5,8-11H2,1H3,(H,17,18). The Kier molecular flexibility index (Phi) is 8.52. The molecule has 0 atom stereocenters. The lowest BCUT2D eigenvalue weighted by Crippen LogP contribution is -2.12. The Bertz CT molecular complexity index is 457. The van der Waals surface area contributed by atoms with Crippen molar-refractivity contribution in [3.8, 4) is 6.07 Å². The predicted molar refractivity (Wildman–Crippen MR) is 82.8 cm³/mol. The number of benzene rings is 1. The molecule has 0 heterocycles. The van der Waals surface area contributed by atoms with E-state index in [-0.39, 0.29) is 5.91 Å². The molecule has 20 heavy (non-hydrogen) atoms. The van der Waals surface area contributed by atoms with Crippen molar-refractivity contribution >= 4 is 23.4 Å². The first-order chi connectivity index (χ1) is 9.77. The summed E-state index contributed by atoms with van der Waals surface area (Å²) < 4.78 is 4.97. The zero-order valence-corrected chi connectivity index (χ0v) is 12.5. The fraction of sp³-hybridized carbons (Fsp3) is 0.467. The van der Waals surface area contributed by atoms with Crippen LogP contribution in [0.2, 0.25) is 0 Å². The van der Waals surface area contributed by atoms with E-state index in [0.717, 1.165) is 31.0 Å². The van der Waals surface area contributed by atoms with Crippen LogP contribution in [0.1, 0.15) is 24.8 Å². The van der Waals surface area contributed by atoms with E-state index in [1.165, 1.54) is 0 Å². The third kappa shape index (κ3) is 6.60. The van der Waals surface area contributed by atoms with Crippen molar-refractivity contribution in [1.29, 1.82) is 5.26 Å². The summed E-state index contributed by atoms with van der Waals surface area (Å²) in [6.07, 6.45) is 2.37. The quantitative estimate of drug-likeness (QED) is 0.711. The molecule has 0 bridgehead atoms. The molecule has 0 fully saturated rings. The second-order valence-corrected chi connectivity index (χ2v) is 5.49. The highest BCUT2D eigenvalue weighted by Crippen LogP contribution is 2.14. The molecule has 1 rings (SSSR count). The molecule has 1 aromatic carbocycles. The van der Waals surface area contributed by atoms with Gasteiger partial charge >= 0.3 is 0 Å². The normalized spacial score (nSPS) is 10.0. The fourth-order valence-electron chi connectivity index (χ4n) is 1.64. The van der Waals surface area contributed by atoms with Crippen LogP contribution < -0.4 is 5.32 Å². The van der Waals surface area contributed by atoms with Crippen LogP contribution in [0.25, 0.3) is 0 Å². The van der Waals surface area contributed by atoms with Crippen molar-refractivity contribution in [1.82, 2.24) is 0 Å². The number of ether oxygens (including phenoxy) is 1. The second-order valence-electron chi connectivity index (χ2n) is 4.27. The summed E-state index contributed by atoms with van der Waals surface area (Å²) >= 11 is 1.84. The van der Waals surface area contributed by atoms with Gasteiger partial charge in [0.2, 0.25) is 5.91 Å². The molecule has 1 aromatic rings. The number of thioether (sulfide) groups is 1. The van der Waals surface area contributed by atoms with E-state index < -0.39 is 0 Å². The lowest BCUT2D eigenvalue weighted by Gasteiger charge is -2.06. The maximum atomic E-state index is 11.8. The molecule has 5 heteroatoms. The summed E-state index contributed by atoms with van der Waals surface area (Å²) in [5.74, 6) is 1.99. The zero-order chi connectivity index (χ0) is 14.6. The van der Waals surface area contributed by atoms with E-state index in [1.54, 1.807) is 25.3 Å². The summed E-state index contributed by atoms with van der Waals surface area (Å²) in [6.45, 7) is 0.790. The Morgan fingerprint density at radius 2 is 2.10 bits per heavy atom. The minimum absolute atomic E-state index is 0.0369. The molecule has 1 N–H and O–H groups in total. The molecule has 0 aliphatic carbocycles. The van der Waals surface area contributed by atoms with Gasteiger partial charge in [0.05, 0.1) is 11.3 Å². The molecule has 0 saturated heterocycles. The largest absolute Gasteiger partial charge is 0.385 e. The molecule has 4 nitrogen and oxygen atoms in total. The number of methoxy groups -OCH3 is 1. The fourth-order valence-corrected chi connectivity index (χ4v) is 2.52. The highest BCUT2D eigenvalue weighted by atomic mass is 32.2. The van der Waals surface area contributed by atoms with E-state index in [4.69, 9.17) is 10.00 Å². The molecular formula is C15H20N2O2S. The minimum atomic E-state index is -0.0369. The second kappa shape index (κ2) is 10.3. The predicted octanol–water partition coefficient (Wildman–Crippen LogP) is 3.05. The summed E-state index contributed by atoms with van der Waals surface area (Å²) in [6, 6.07) is 9.10. The minimum Gasteiger partial charge on any atom is -0.385 e. The van der Waals surface area contributed by atoms with Crippen LogP contribution in [0.4, 0.5) is 5.69 Å². The number of anilines is 1. The van der Waals surface area contributed by atoms with Crippen molar-refractivity contribution in [2.45, 2.75) is 19.3 Å². The molecule has 0 aromatic heterocycles. The Morgan fingerprint density at radius 1 is 1.35 bits per heavy atom. The van der Waals surface area contributed by atoms with Gasteiger partial charge in [0.15, 0.2) is 0 Å². The van der Waals surface area contributed by atoms with Gasteiger partial charge in [-0.05, 0) is 36.5 Å². The maximum absolute atomic E-state index is 11.8. The maximum Gasteiger partial charge on any atom is 0.224 e. The average Bonchev–Trinajstić information content (AvgIpc) is 2.47. The summed E-state index contributed by atoms with van der Waals surface area (Å²) in [5, 5.41) is 11.7. The number of hydrogen-bond acceptors (Lipinski definition) is 4. The van der Waals surface area contributed by atoms with Gasteiger partial charge in [-0.25, -0.2) is 0 Å². The molecule has 0 radical (unpaired) electrons. The van der Waals surface area contributed by atoms with Gasteiger partial charge in [-0.15, -0.1) is 0 Å². The SMILES string of the molecule is COCCCSCCCC(=O)Nc1ccccc1C#N. The van der Waals surface area contributed by atoms with Crippen LogP contribution in [0.5, 0.6) is 0 Å². The van der Waals surface area contributed by atoms with Gasteiger partial charge in [-0.3, -0.25) is 4.79 Å². The molecule has 0 aliphatic rings. The summed E-state index contributed by atoms with van der Waals surface area (Å²) in [5.41, 5.74) is 1.09. The Labute approximate surface area is 124 Å². The van der Waals surface area contributed by atoms with Crippen molar-refractivity contribution in [3.05, 3.63) is 29.8 Å². The van der Waals surface area contributed by atoms with E-state index >= 15 is 0 Å². The van der Waals surface area contributed by atoms with Crippen LogP contribution in [-0.4, -0.2) is 31.1 Å². The topological polar surface area (TPSA) is 62.1 Å². The number of nitriles is 1. The first-order valence-electron chi connectivity index (χ1n) is 6.63. The highest BCUT2D eigenvalue weighted by Gasteiger charge is 2.05. The molecule has 0 saturated carbocycles. The Balaban J connectivity index is 2.19. The average molecular weight is 292 g/mol. The van der Waals surface area contributed by atoms with E-state index in [2.05, 4.69) is 11.4 Å². The third-order valence-electron chi connectivity index (χ3n) is 2.65. The Morgan fingerprint density at radius 3 is 2.85 bits per heavy atom. The monoisotopic (exact) mass is 292 g/mol. The van der Waals surface area contributed by atoms with E-state index in [9.17, 15) is 4.79 Å². The molecule has 1 amide bonds. The van der Waals surface area contributed by atoms with Gasteiger partial charge in [0.25, 0.3) is 0 Å². The number of carbonyl (C=O) groups is 1. The molecular weight excluding hydrogens is 272 g/mol. The summed E-state index contributed by atoms with van der Waals surface area (Å²) in [4.78, 5) is 11.8. The van der Waals surface area contributed by atoms with Crippen molar-refractivity contribution in [2.75, 3.05) is 30.5 Å². The van der Waals surface area contributed by atoms with Crippen molar-refractivity contribution in [2.24, 2.45) is 0 Å².